The standard InChI is InChI=1S/C16H11N3O5/c20-15-11(5-3-6-12(15)19(22)23)9-17-18-16(21)14-8-10-4-1-2-7-13(10)24-14/h1-9,20H,(H,18,21)/b17-9+. The number of benzene rings is 2. The molecule has 0 atom stereocenters. The Morgan fingerprint density at radius 3 is 2.79 bits per heavy atom. The highest BCUT2D eigenvalue weighted by Crippen LogP contribution is 2.27. The van der Waals surface area contributed by atoms with Crippen molar-refractivity contribution in [3.05, 3.63) is 70.0 Å². The molecule has 1 amide bonds. The van der Waals surface area contributed by atoms with Gasteiger partial charge in [0.15, 0.2) is 5.76 Å². The van der Waals surface area contributed by atoms with Gasteiger partial charge < -0.3 is 9.52 Å². The van der Waals surface area contributed by atoms with Crippen LogP contribution in [0.25, 0.3) is 11.0 Å². The van der Waals surface area contributed by atoms with Gasteiger partial charge in [-0.25, -0.2) is 5.43 Å². The van der Waals surface area contributed by atoms with E-state index in [4.69, 9.17) is 4.42 Å². The molecule has 0 aliphatic rings. The van der Waals surface area contributed by atoms with E-state index < -0.39 is 22.3 Å². The second-order valence-corrected chi connectivity index (χ2v) is 4.82. The van der Waals surface area contributed by atoms with E-state index in [2.05, 4.69) is 10.5 Å². The molecule has 1 heterocycles. The Hall–Kier alpha value is -3.68. The number of carbonyl (C=O) groups excluding carboxylic acids is 1. The highest BCUT2D eigenvalue weighted by Gasteiger charge is 2.15. The summed E-state index contributed by atoms with van der Waals surface area (Å²) in [6.45, 7) is 0. The Morgan fingerprint density at radius 2 is 2.04 bits per heavy atom. The maximum absolute atomic E-state index is 12.0. The molecule has 8 nitrogen and oxygen atoms in total. The van der Waals surface area contributed by atoms with Gasteiger partial charge in [0.2, 0.25) is 5.75 Å². The lowest BCUT2D eigenvalue weighted by molar-refractivity contribution is -0.385. The number of furan rings is 1. The summed E-state index contributed by atoms with van der Waals surface area (Å²) >= 11 is 0. The van der Waals surface area contributed by atoms with Crippen molar-refractivity contribution in [2.45, 2.75) is 0 Å². The Morgan fingerprint density at radius 1 is 1.25 bits per heavy atom. The number of hydrogen-bond acceptors (Lipinski definition) is 6. The molecule has 0 aliphatic carbocycles. The lowest BCUT2D eigenvalue weighted by Gasteiger charge is -1.99. The number of nitro benzene ring substituents is 1. The molecule has 0 fully saturated rings. The quantitative estimate of drug-likeness (QED) is 0.434. The molecule has 1 aromatic heterocycles. The Balaban J connectivity index is 1.75. The molecule has 3 rings (SSSR count). The molecule has 0 radical (unpaired) electrons. The minimum absolute atomic E-state index is 0.0802. The number of phenolic OH excluding ortho intramolecular Hbond substituents is 1. The smallest absolute Gasteiger partial charge is 0.311 e. The molecule has 0 bridgehead atoms. The molecular weight excluding hydrogens is 314 g/mol. The number of hydrazone groups is 1. The Bertz CT molecular complexity index is 928. The van der Waals surface area contributed by atoms with Crippen LogP contribution in [0.15, 0.2) is 58.0 Å². The molecule has 8 heteroatoms. The van der Waals surface area contributed by atoms with E-state index in [0.29, 0.717) is 5.58 Å². The topological polar surface area (TPSA) is 118 Å². The fraction of sp³-hybridized carbons (Fsp3) is 0. The molecule has 0 saturated heterocycles. The van der Waals surface area contributed by atoms with Gasteiger partial charge in [-0.15, -0.1) is 0 Å². The van der Waals surface area contributed by atoms with Crippen molar-refractivity contribution in [1.29, 1.82) is 0 Å². The normalized spacial score (nSPS) is 11.0. The Labute approximate surface area is 135 Å². The lowest BCUT2D eigenvalue weighted by Crippen LogP contribution is -2.16. The van der Waals surface area contributed by atoms with E-state index in [-0.39, 0.29) is 11.3 Å². The average molecular weight is 325 g/mol. The van der Waals surface area contributed by atoms with Crippen LogP contribution in [-0.4, -0.2) is 22.2 Å². The molecule has 2 N–H and O–H groups in total. The lowest BCUT2D eigenvalue weighted by atomic mass is 10.2. The predicted octanol–water partition coefficient (Wildman–Crippen LogP) is 2.81. The van der Waals surface area contributed by atoms with Gasteiger partial charge in [0.05, 0.1) is 11.1 Å². The summed E-state index contributed by atoms with van der Waals surface area (Å²) in [5.74, 6) is -1.02. The van der Waals surface area contributed by atoms with Gasteiger partial charge in [0.25, 0.3) is 0 Å². The number of phenols is 1. The SMILES string of the molecule is O=C(N/N=C/c1cccc([N+](=O)[O-])c1O)c1cc2ccccc2o1. The van der Waals surface area contributed by atoms with Crippen LogP contribution < -0.4 is 5.43 Å². The van der Waals surface area contributed by atoms with Gasteiger partial charge in [0, 0.05) is 17.0 Å². The van der Waals surface area contributed by atoms with Crippen LogP contribution in [0.4, 0.5) is 5.69 Å². The zero-order chi connectivity index (χ0) is 17.1. The maximum atomic E-state index is 12.0. The van der Waals surface area contributed by atoms with Crippen molar-refractivity contribution >= 4 is 28.8 Å². The van der Waals surface area contributed by atoms with Crippen LogP contribution in [0.3, 0.4) is 0 Å². The molecule has 0 aliphatic heterocycles. The molecule has 3 aromatic rings. The van der Waals surface area contributed by atoms with E-state index in [9.17, 15) is 20.0 Å². The van der Waals surface area contributed by atoms with Crippen LogP contribution in [0.2, 0.25) is 0 Å². The van der Waals surface area contributed by atoms with Gasteiger partial charge in [-0.1, -0.05) is 24.3 Å². The second kappa shape index (κ2) is 6.21. The van der Waals surface area contributed by atoms with Crippen LogP contribution in [0.5, 0.6) is 5.75 Å². The summed E-state index contributed by atoms with van der Waals surface area (Å²) in [7, 11) is 0. The molecule has 0 spiro atoms. The first-order chi connectivity index (χ1) is 11.6. The number of hydrogen-bond donors (Lipinski definition) is 2. The van der Waals surface area contributed by atoms with Gasteiger partial charge in [-0.2, -0.15) is 5.10 Å². The minimum atomic E-state index is -0.709. The summed E-state index contributed by atoms with van der Waals surface area (Å²) < 4.78 is 5.38. The molecule has 120 valence electrons. The summed E-state index contributed by atoms with van der Waals surface area (Å²) in [6, 6.07) is 12.7. The van der Waals surface area contributed by atoms with Crippen LogP contribution >= 0.6 is 0 Å². The fourth-order valence-electron chi connectivity index (χ4n) is 2.11. The van der Waals surface area contributed by atoms with Crippen molar-refractivity contribution in [3.63, 3.8) is 0 Å². The van der Waals surface area contributed by atoms with Gasteiger partial charge in [-0.05, 0) is 18.2 Å². The molecule has 24 heavy (non-hydrogen) atoms. The van der Waals surface area contributed by atoms with Gasteiger partial charge in [-0.3, -0.25) is 14.9 Å². The van der Waals surface area contributed by atoms with E-state index in [1.807, 2.05) is 6.07 Å². The first-order valence-corrected chi connectivity index (χ1v) is 6.84. The van der Waals surface area contributed by atoms with Crippen molar-refractivity contribution in [2.75, 3.05) is 0 Å². The van der Waals surface area contributed by atoms with Crippen LogP contribution in [-0.2, 0) is 0 Å². The molecule has 0 saturated carbocycles. The number of nitrogens with one attached hydrogen (secondary N) is 1. The highest BCUT2D eigenvalue weighted by atomic mass is 16.6. The number of fused-ring (bicyclic) bond motifs is 1. The third kappa shape index (κ3) is 2.93. The van der Waals surface area contributed by atoms with Gasteiger partial charge >= 0.3 is 11.6 Å². The van der Waals surface area contributed by atoms with E-state index in [1.54, 1.807) is 24.3 Å². The fourth-order valence-corrected chi connectivity index (χ4v) is 2.11. The highest BCUT2D eigenvalue weighted by molar-refractivity contribution is 5.96. The first kappa shape index (κ1) is 15.2. The molecular formula is C16H11N3O5. The van der Waals surface area contributed by atoms with Gasteiger partial charge in [0.1, 0.15) is 5.58 Å². The van der Waals surface area contributed by atoms with Crippen molar-refractivity contribution in [2.24, 2.45) is 5.10 Å². The number of amides is 1. The summed E-state index contributed by atoms with van der Waals surface area (Å²) in [4.78, 5) is 22.0. The van der Waals surface area contributed by atoms with E-state index >= 15 is 0 Å². The van der Waals surface area contributed by atoms with Crippen LogP contribution in [0, 0.1) is 10.1 Å². The predicted molar refractivity (Wildman–Crippen MR) is 86.0 cm³/mol. The average Bonchev–Trinajstić information content (AvgIpc) is 3.00. The van der Waals surface area contributed by atoms with Crippen molar-refractivity contribution in [1.82, 2.24) is 5.43 Å². The summed E-state index contributed by atoms with van der Waals surface area (Å²) in [6.07, 6.45) is 1.11. The first-order valence-electron chi connectivity index (χ1n) is 6.84. The van der Waals surface area contributed by atoms with E-state index in [0.717, 1.165) is 11.6 Å². The third-order valence-electron chi connectivity index (χ3n) is 3.26. The van der Waals surface area contributed by atoms with Crippen LogP contribution in [0.1, 0.15) is 16.1 Å². The monoisotopic (exact) mass is 325 g/mol. The zero-order valence-corrected chi connectivity index (χ0v) is 12.2. The number of nitro groups is 1. The zero-order valence-electron chi connectivity index (χ0n) is 12.2. The largest absolute Gasteiger partial charge is 0.502 e. The number of aromatic hydroxyl groups is 1. The second-order valence-electron chi connectivity index (χ2n) is 4.82. The number of nitrogens with zero attached hydrogens (tertiary/aromatic N) is 2. The Kier molecular flexibility index (Phi) is 3.94. The third-order valence-corrected chi connectivity index (χ3v) is 3.26. The number of carbonyl (C=O) groups is 1. The summed E-state index contributed by atoms with van der Waals surface area (Å²) in [5, 5.41) is 25.0. The maximum Gasteiger partial charge on any atom is 0.311 e. The number of rotatable bonds is 4. The molecule has 2 aromatic carbocycles. The minimum Gasteiger partial charge on any atom is -0.502 e. The van der Waals surface area contributed by atoms with E-state index in [1.165, 1.54) is 18.2 Å². The molecule has 0 unspecified atom stereocenters. The van der Waals surface area contributed by atoms with Crippen molar-refractivity contribution < 1.29 is 19.2 Å². The number of para-hydroxylation sites is 2. The summed E-state index contributed by atoms with van der Waals surface area (Å²) in [5.41, 5.74) is 2.48. The van der Waals surface area contributed by atoms with Crippen molar-refractivity contribution in [3.8, 4) is 5.75 Å².